The highest BCUT2D eigenvalue weighted by atomic mass is 35.5. The van der Waals surface area contributed by atoms with E-state index >= 15 is 0 Å². The maximum Gasteiger partial charge on any atom is 0.345 e. The number of carbonyl (C=O) groups excluding carboxylic acids is 2. The summed E-state index contributed by atoms with van der Waals surface area (Å²) in [4.78, 5) is 42.2. The molecule has 0 spiro atoms. The van der Waals surface area contributed by atoms with Gasteiger partial charge in [-0.1, -0.05) is 18.0 Å². The zero-order valence-electron chi connectivity index (χ0n) is 19.5. The lowest BCUT2D eigenvalue weighted by Crippen LogP contribution is -2.18. The Bertz CT molecular complexity index is 1520. The predicted octanol–water partition coefficient (Wildman–Crippen LogP) is 5.21. The van der Waals surface area contributed by atoms with Gasteiger partial charge in [-0.05, 0) is 43.5 Å². The minimum absolute atomic E-state index is 0.114. The fourth-order valence-corrected chi connectivity index (χ4v) is 4.92. The number of thiophene rings is 1. The first kappa shape index (κ1) is 26.2. The second kappa shape index (κ2) is 11.1. The third-order valence-electron chi connectivity index (χ3n) is 5.34. The van der Waals surface area contributed by atoms with E-state index in [4.69, 9.17) is 25.6 Å². The van der Waals surface area contributed by atoms with Crippen molar-refractivity contribution in [1.29, 1.82) is 0 Å². The molecule has 9 nitrogen and oxygen atoms in total. The zero-order valence-corrected chi connectivity index (χ0v) is 21.0. The number of halogens is 2. The van der Waals surface area contributed by atoms with Crippen molar-refractivity contribution in [2.45, 2.75) is 39.0 Å². The first-order chi connectivity index (χ1) is 17.6. The van der Waals surface area contributed by atoms with E-state index in [2.05, 4.69) is 0 Å². The van der Waals surface area contributed by atoms with Gasteiger partial charge in [0.1, 0.15) is 0 Å². The normalized spacial score (nSPS) is 11.1. The number of aryl methyl sites for hydroxylation is 1. The number of hydrogen-bond donors (Lipinski definition) is 2. The van der Waals surface area contributed by atoms with Crippen molar-refractivity contribution in [3.05, 3.63) is 62.5 Å². The molecule has 0 unspecified atom stereocenters. The molecule has 3 heterocycles. The molecule has 12 heteroatoms. The second-order valence-electron chi connectivity index (χ2n) is 8.10. The van der Waals surface area contributed by atoms with Crippen LogP contribution >= 0.6 is 22.9 Å². The monoisotopic (exact) mass is 549 g/mol. The van der Waals surface area contributed by atoms with Crippen LogP contribution in [0.3, 0.4) is 0 Å². The minimum atomic E-state index is -1.03. The van der Waals surface area contributed by atoms with Gasteiger partial charge in [0.2, 0.25) is 17.6 Å². The van der Waals surface area contributed by atoms with Crippen LogP contribution in [-0.2, 0) is 16.0 Å². The molecule has 194 valence electrons. The van der Waals surface area contributed by atoms with Gasteiger partial charge in [-0.25, -0.2) is 9.59 Å². The van der Waals surface area contributed by atoms with Crippen LogP contribution in [-0.4, -0.2) is 26.9 Å². The quantitative estimate of drug-likeness (QED) is 0.126. The highest BCUT2D eigenvalue weighted by Crippen LogP contribution is 2.36. The Morgan fingerprint density at radius 2 is 1.84 bits per heavy atom. The maximum atomic E-state index is 14.7. The number of benzene rings is 1. The van der Waals surface area contributed by atoms with Gasteiger partial charge in [0.15, 0.2) is 11.3 Å². The Balaban J connectivity index is 1.36. The number of unbranched alkanes of at least 4 members (excludes halogenated alkanes) is 2. The van der Waals surface area contributed by atoms with E-state index in [1.807, 2.05) is 6.07 Å². The molecule has 37 heavy (non-hydrogen) atoms. The van der Waals surface area contributed by atoms with Gasteiger partial charge in [0.05, 0.1) is 10.6 Å². The number of ether oxygens (including phenoxy) is 1. The number of hydrogen-bond acceptors (Lipinski definition) is 9. The summed E-state index contributed by atoms with van der Waals surface area (Å²) in [6.45, 7) is 1.10. The third-order valence-corrected chi connectivity index (χ3v) is 6.80. The van der Waals surface area contributed by atoms with Gasteiger partial charge in [-0.15, -0.1) is 16.1 Å². The Kier molecular flexibility index (Phi) is 7.84. The Labute approximate surface area is 218 Å². The fraction of sp³-hybridized carbons (Fsp3) is 0.240. The van der Waals surface area contributed by atoms with Crippen LogP contribution in [0.25, 0.3) is 21.4 Å². The van der Waals surface area contributed by atoms with Gasteiger partial charge >= 0.3 is 17.6 Å². The summed E-state index contributed by atoms with van der Waals surface area (Å²) in [7, 11) is 0. The number of carbonyl (C=O) groups is 2. The molecule has 0 saturated carbocycles. The van der Waals surface area contributed by atoms with Crippen molar-refractivity contribution in [3.8, 4) is 28.0 Å². The SMILES string of the molecule is CC(=O)Oc1c(Cl)cc2cc(-c3ccc(CCCCCC(=O)On4c(O)ccc4O)s3)c(=O)oc2c1F. The number of fused-ring (bicyclic) bond motifs is 1. The molecule has 0 aliphatic heterocycles. The molecule has 0 radical (unpaired) electrons. The maximum absolute atomic E-state index is 14.7. The lowest BCUT2D eigenvalue weighted by Gasteiger charge is -2.08. The predicted molar refractivity (Wildman–Crippen MR) is 134 cm³/mol. The standard InChI is InChI=1S/C25H21ClFNO8S/c1-13(29)34-24-17(26)12-14-11-16(25(33)35-23(14)22(24)27)18-8-7-15(37-18)5-3-2-4-6-21(32)36-28-19(30)9-10-20(28)31/h7-12,30-31H,2-6H2,1H3. The molecular formula is C25H21ClFNO8S. The van der Waals surface area contributed by atoms with Crippen molar-refractivity contribution in [1.82, 2.24) is 4.73 Å². The molecule has 4 aromatic rings. The van der Waals surface area contributed by atoms with Crippen LogP contribution in [0.5, 0.6) is 17.5 Å². The van der Waals surface area contributed by atoms with E-state index in [1.54, 1.807) is 6.07 Å². The second-order valence-corrected chi connectivity index (χ2v) is 9.67. The molecule has 0 aliphatic carbocycles. The molecule has 1 aromatic carbocycles. The van der Waals surface area contributed by atoms with Gasteiger partial charge in [-0.2, -0.15) is 4.39 Å². The van der Waals surface area contributed by atoms with Crippen molar-refractivity contribution >= 4 is 45.8 Å². The van der Waals surface area contributed by atoms with E-state index in [9.17, 15) is 29.0 Å². The molecule has 0 saturated heterocycles. The summed E-state index contributed by atoms with van der Waals surface area (Å²) in [5.74, 6) is -3.62. The van der Waals surface area contributed by atoms with Crippen LogP contribution in [0.2, 0.25) is 5.02 Å². The summed E-state index contributed by atoms with van der Waals surface area (Å²) in [6, 6.07) is 8.91. The van der Waals surface area contributed by atoms with Gasteiger partial charge in [0.25, 0.3) is 0 Å². The highest BCUT2D eigenvalue weighted by Gasteiger charge is 2.20. The molecular weight excluding hydrogens is 529 g/mol. The summed E-state index contributed by atoms with van der Waals surface area (Å²) in [5, 5.41) is 19.1. The first-order valence-electron chi connectivity index (χ1n) is 11.2. The lowest BCUT2D eigenvalue weighted by molar-refractivity contribution is -0.145. The summed E-state index contributed by atoms with van der Waals surface area (Å²) >= 11 is 7.45. The van der Waals surface area contributed by atoms with Crippen LogP contribution < -0.4 is 15.2 Å². The highest BCUT2D eigenvalue weighted by molar-refractivity contribution is 7.15. The van der Waals surface area contributed by atoms with Gasteiger partial charge in [-0.3, -0.25) is 4.79 Å². The molecule has 0 amide bonds. The largest absolute Gasteiger partial charge is 0.492 e. The van der Waals surface area contributed by atoms with Crippen LogP contribution in [0.1, 0.15) is 37.5 Å². The van der Waals surface area contributed by atoms with Crippen LogP contribution in [0.4, 0.5) is 4.39 Å². The molecule has 0 fully saturated rings. The first-order valence-corrected chi connectivity index (χ1v) is 12.4. The smallest absolute Gasteiger partial charge is 0.345 e. The third kappa shape index (κ3) is 5.95. The zero-order chi connectivity index (χ0) is 26.7. The summed E-state index contributed by atoms with van der Waals surface area (Å²) < 4.78 is 25.4. The molecule has 0 bridgehead atoms. The van der Waals surface area contributed by atoms with E-state index in [1.165, 1.54) is 35.6 Å². The Morgan fingerprint density at radius 3 is 2.54 bits per heavy atom. The Morgan fingerprint density at radius 1 is 1.11 bits per heavy atom. The molecule has 4 rings (SSSR count). The van der Waals surface area contributed by atoms with E-state index in [0.717, 1.165) is 24.6 Å². The molecule has 0 atom stereocenters. The number of aromatic nitrogens is 1. The Hall–Kier alpha value is -3.83. The number of esters is 1. The van der Waals surface area contributed by atoms with Crippen molar-refractivity contribution < 1.29 is 38.2 Å². The summed E-state index contributed by atoms with van der Waals surface area (Å²) in [6.07, 6.45) is 2.88. The molecule has 2 N–H and O–H groups in total. The van der Waals surface area contributed by atoms with E-state index in [0.29, 0.717) is 22.4 Å². The number of rotatable bonds is 9. The summed E-state index contributed by atoms with van der Waals surface area (Å²) in [5.41, 5.74) is -0.847. The average Bonchev–Trinajstić information content (AvgIpc) is 3.43. The molecule has 0 aliphatic rings. The lowest BCUT2D eigenvalue weighted by atomic mass is 10.1. The average molecular weight is 550 g/mol. The van der Waals surface area contributed by atoms with Crippen molar-refractivity contribution in [3.63, 3.8) is 0 Å². The van der Waals surface area contributed by atoms with Crippen LogP contribution in [0.15, 0.2) is 45.6 Å². The van der Waals surface area contributed by atoms with E-state index in [-0.39, 0.29) is 39.7 Å². The molecule has 3 aromatic heterocycles. The van der Waals surface area contributed by atoms with Gasteiger partial charge < -0.3 is 24.2 Å². The van der Waals surface area contributed by atoms with Gasteiger partial charge in [0, 0.05) is 40.6 Å². The number of nitrogens with zero attached hydrogens (tertiary/aromatic N) is 1. The van der Waals surface area contributed by atoms with E-state index < -0.39 is 29.1 Å². The fourth-order valence-electron chi connectivity index (χ4n) is 3.63. The van der Waals surface area contributed by atoms with Crippen molar-refractivity contribution in [2.24, 2.45) is 0 Å². The minimum Gasteiger partial charge on any atom is -0.492 e. The van der Waals surface area contributed by atoms with Crippen molar-refractivity contribution in [2.75, 3.05) is 0 Å². The van der Waals surface area contributed by atoms with Crippen LogP contribution in [0, 0.1) is 5.82 Å². The number of aromatic hydroxyl groups is 2. The topological polar surface area (TPSA) is 128 Å².